The van der Waals surface area contributed by atoms with Gasteiger partial charge in [-0.1, -0.05) is 79.7 Å². The summed E-state index contributed by atoms with van der Waals surface area (Å²) in [6.07, 6.45) is 6.30. The number of hydrogen-bond donors (Lipinski definition) is 2. The van der Waals surface area contributed by atoms with E-state index in [4.69, 9.17) is 14.5 Å². The van der Waals surface area contributed by atoms with Gasteiger partial charge in [0.2, 0.25) is 11.7 Å². The average Bonchev–Trinajstić information content (AvgIpc) is 3.61. The summed E-state index contributed by atoms with van der Waals surface area (Å²) < 4.78 is 12.3. The molecule has 2 aliphatic heterocycles. The first-order valence-corrected chi connectivity index (χ1v) is 26.3. The molecule has 10 heteroatoms. The van der Waals surface area contributed by atoms with Crippen molar-refractivity contribution in [3.05, 3.63) is 122 Å². The van der Waals surface area contributed by atoms with Crippen molar-refractivity contribution in [1.82, 2.24) is 4.90 Å². The number of ketones is 1. The van der Waals surface area contributed by atoms with E-state index in [1.165, 1.54) is 0 Å². The van der Waals surface area contributed by atoms with E-state index in [0.29, 0.717) is 61.4 Å². The molecule has 3 aromatic carbocycles. The molecule has 0 spiro atoms. The van der Waals surface area contributed by atoms with E-state index < -0.39 is 10.8 Å². The van der Waals surface area contributed by atoms with Crippen LogP contribution in [0.3, 0.4) is 0 Å². The molecule has 7 rings (SSSR count). The fraction of sp³-hybridized carbons (Fsp3) is 0.516. The predicted molar refractivity (Wildman–Crippen MR) is 294 cm³/mol. The van der Waals surface area contributed by atoms with Crippen LogP contribution in [0.2, 0.25) is 0 Å². The summed E-state index contributed by atoms with van der Waals surface area (Å²) in [5.41, 5.74) is 8.01. The van der Waals surface area contributed by atoms with E-state index in [1.807, 2.05) is 97.9 Å². The number of hydrogen-bond acceptors (Lipinski definition) is 8. The van der Waals surface area contributed by atoms with Crippen molar-refractivity contribution in [2.24, 2.45) is 21.2 Å². The number of rotatable bonds is 16. The lowest BCUT2D eigenvalue weighted by Gasteiger charge is -2.34. The molecule has 2 atom stereocenters. The van der Waals surface area contributed by atoms with Gasteiger partial charge in [-0.05, 0) is 165 Å². The molecule has 2 N–H and O–H groups in total. The number of carbonyl (C=O) groups excluding carboxylic acids is 3. The Labute approximate surface area is 430 Å². The fourth-order valence-electron chi connectivity index (χ4n) is 11.0. The van der Waals surface area contributed by atoms with Crippen molar-refractivity contribution in [2.75, 3.05) is 23.4 Å². The lowest BCUT2D eigenvalue weighted by atomic mass is 9.73. The van der Waals surface area contributed by atoms with Crippen molar-refractivity contribution in [1.29, 1.82) is 0 Å². The Hall–Kier alpha value is -5.90. The van der Waals surface area contributed by atoms with Crippen LogP contribution in [-0.4, -0.2) is 70.7 Å². The highest BCUT2D eigenvalue weighted by Gasteiger charge is 2.50. The second-order valence-corrected chi connectivity index (χ2v) is 24.1. The molecule has 0 saturated carbocycles. The van der Waals surface area contributed by atoms with Gasteiger partial charge in [-0.2, -0.15) is 0 Å². The van der Waals surface area contributed by atoms with Crippen LogP contribution in [0.4, 0.5) is 11.4 Å². The third-order valence-corrected chi connectivity index (χ3v) is 16.5. The minimum atomic E-state index is -0.852. The Morgan fingerprint density at radius 3 is 1.79 bits per heavy atom. The maximum absolute atomic E-state index is 15.2. The van der Waals surface area contributed by atoms with Crippen molar-refractivity contribution in [3.8, 4) is 11.5 Å². The van der Waals surface area contributed by atoms with Crippen LogP contribution < -0.4 is 19.7 Å². The lowest BCUT2D eigenvalue weighted by molar-refractivity contribution is -0.126. The zero-order valence-electron chi connectivity index (χ0n) is 46.7. The van der Waals surface area contributed by atoms with Crippen LogP contribution in [0.15, 0.2) is 93.9 Å². The molecule has 10 nitrogen and oxygen atoms in total. The number of aliphatic hydroxyl groups excluding tert-OH is 1. The van der Waals surface area contributed by atoms with Gasteiger partial charge >= 0.3 is 0 Å². The molecule has 1 fully saturated rings. The molecule has 2 aliphatic carbocycles. The minimum absolute atomic E-state index is 0.101. The number of aryl methyl sites for hydroxylation is 4. The number of amides is 2. The molecule has 72 heavy (non-hydrogen) atoms. The predicted octanol–water partition coefficient (Wildman–Crippen LogP) is 13.6. The number of fused-ring (bicyclic) bond motifs is 2. The zero-order chi connectivity index (χ0) is 53.2. The number of nitrogens with zero attached hydrogens (tertiary/aromatic N) is 3. The van der Waals surface area contributed by atoms with Crippen molar-refractivity contribution in [2.45, 2.75) is 180 Å². The monoisotopic (exact) mass is 979 g/mol. The van der Waals surface area contributed by atoms with Crippen LogP contribution in [0.1, 0.15) is 156 Å². The molecular weight excluding hydrogens is 897 g/mol. The molecular formula is C62H82N4O6. The zero-order valence-corrected chi connectivity index (χ0v) is 46.7. The van der Waals surface area contributed by atoms with Crippen molar-refractivity contribution in [3.63, 3.8) is 0 Å². The minimum Gasteiger partial charge on any atom is -0.506 e. The number of Topliss-reactive ketones (excluding diaryl/α,β-unsaturated/α-hetero) is 1. The van der Waals surface area contributed by atoms with E-state index in [0.717, 1.165) is 56.3 Å². The number of anilines is 2. The molecule has 2 unspecified atom stereocenters. The summed E-state index contributed by atoms with van der Waals surface area (Å²) >= 11 is 0. The Morgan fingerprint density at radius 1 is 0.736 bits per heavy atom. The first-order valence-electron chi connectivity index (χ1n) is 26.3. The molecule has 386 valence electrons. The van der Waals surface area contributed by atoms with Gasteiger partial charge in [0.1, 0.15) is 17.3 Å². The van der Waals surface area contributed by atoms with Gasteiger partial charge in [0.25, 0.3) is 5.91 Å². The van der Waals surface area contributed by atoms with Crippen LogP contribution in [0.25, 0.3) is 5.57 Å². The quantitative estimate of drug-likeness (QED) is 0.108. The van der Waals surface area contributed by atoms with E-state index in [9.17, 15) is 14.7 Å². The molecule has 2 amide bonds. The van der Waals surface area contributed by atoms with E-state index >= 15 is 4.79 Å². The Balaban J connectivity index is 1.27. The number of ether oxygens (including phenoxy) is 2. The highest BCUT2D eigenvalue weighted by Crippen LogP contribution is 2.54. The van der Waals surface area contributed by atoms with Gasteiger partial charge in [0.05, 0.1) is 35.8 Å². The molecule has 0 aromatic heterocycles. The smallest absolute Gasteiger partial charge is 0.251 e. The van der Waals surface area contributed by atoms with Crippen molar-refractivity contribution >= 4 is 40.3 Å². The van der Waals surface area contributed by atoms with Gasteiger partial charge in [0.15, 0.2) is 0 Å². The van der Waals surface area contributed by atoms with Gasteiger partial charge in [-0.25, -0.2) is 4.99 Å². The summed E-state index contributed by atoms with van der Waals surface area (Å²) in [6.45, 7) is 38.6. The molecule has 0 radical (unpaired) electrons. The first kappa shape index (κ1) is 53.9. The van der Waals surface area contributed by atoms with Gasteiger partial charge in [0, 0.05) is 68.3 Å². The maximum Gasteiger partial charge on any atom is 0.251 e. The topological polar surface area (TPSA) is 121 Å². The number of aliphatic hydroxyl groups is 1. The van der Waals surface area contributed by atoms with Crippen LogP contribution in [0.5, 0.6) is 11.5 Å². The number of nitrogens with one attached hydrogen (secondary N) is 1. The normalized spacial score (nSPS) is 21.0. The van der Waals surface area contributed by atoms with Crippen molar-refractivity contribution < 1.29 is 29.0 Å². The summed E-state index contributed by atoms with van der Waals surface area (Å²) in [5.74, 6) is 0.621. The summed E-state index contributed by atoms with van der Waals surface area (Å²) in [7, 11) is 0. The first-order chi connectivity index (χ1) is 33.5. The van der Waals surface area contributed by atoms with E-state index in [1.54, 1.807) is 0 Å². The molecule has 3 aromatic rings. The summed E-state index contributed by atoms with van der Waals surface area (Å²) in [4.78, 5) is 53.7. The van der Waals surface area contributed by atoms with E-state index in [-0.39, 0.29) is 69.5 Å². The van der Waals surface area contributed by atoms with Gasteiger partial charge in [-0.3, -0.25) is 14.4 Å². The Kier molecular flexibility index (Phi) is 14.9. The summed E-state index contributed by atoms with van der Waals surface area (Å²) in [5, 5.41) is 15.8. The number of carbonyl (C=O) groups is 3. The highest BCUT2D eigenvalue weighted by molar-refractivity contribution is 6.42. The number of aliphatic imine (C=N–C) groups is 1. The Morgan fingerprint density at radius 2 is 1.26 bits per heavy atom. The van der Waals surface area contributed by atoms with Gasteiger partial charge < -0.3 is 29.7 Å². The largest absolute Gasteiger partial charge is 0.506 e. The average molecular weight is 979 g/mol. The second-order valence-electron chi connectivity index (χ2n) is 24.1. The van der Waals surface area contributed by atoms with Crippen LogP contribution in [-0.2, 0) is 19.8 Å². The number of likely N-dealkylation sites (tertiary alicyclic amines) is 1. The van der Waals surface area contributed by atoms with Crippen LogP contribution >= 0.6 is 0 Å². The van der Waals surface area contributed by atoms with Gasteiger partial charge in [-0.15, -0.1) is 0 Å². The maximum atomic E-state index is 15.2. The third-order valence-electron chi connectivity index (χ3n) is 16.5. The molecule has 2 heterocycles. The molecule has 0 bridgehead atoms. The molecule has 1 saturated heterocycles. The SMILES string of the molecule is Cc1ccc(C)c(OCCCC(C)(C)C(=O)N=C2C=C3C(=CC2=C2C(=O)C(c4cc5c(cc4NC(=O)C(C)(C)CCCOc4cc(C)ccc4C)N(C(C)C)C(C)C5(C)C)=C2O)C(C)(C)C(C)N3C(C)C)c1. The van der Waals surface area contributed by atoms with Crippen LogP contribution in [0, 0.1) is 43.9 Å². The number of allylic oxidation sites excluding steroid dienone is 6. The molecule has 4 aliphatic rings. The Bertz CT molecular complexity index is 2850. The standard InChI is InChI=1S/C62H82N4O6/c1-35(2)65-41(9)61(15,16)45-31-43(47(33-49(45)65)63-57(69)59(11,12)25-19-27-71-51-29-37(5)21-23-39(51)7)53-55(67)54(56(53)68)44-32-46-50(66(36(3)4)42(10)62(46,17)18)34-48(44)64-58(70)60(13,14)26-20-28-72-52-30-38(6)22-24-40(52)8/h21-24,29-36,41-42,67H,19-20,25-28H2,1-18H3,(H,63,69). The lowest BCUT2D eigenvalue weighted by Crippen LogP contribution is -2.42. The summed E-state index contributed by atoms with van der Waals surface area (Å²) in [6, 6.07) is 16.8. The third kappa shape index (κ3) is 9.96. The van der Waals surface area contributed by atoms with E-state index in [2.05, 4.69) is 103 Å². The fourth-order valence-corrected chi connectivity index (χ4v) is 11.0. The second kappa shape index (κ2) is 19.8. The number of benzene rings is 3. The highest BCUT2D eigenvalue weighted by atomic mass is 16.5.